The van der Waals surface area contributed by atoms with Gasteiger partial charge in [0.1, 0.15) is 17.3 Å². The highest BCUT2D eigenvalue weighted by atomic mass is 15.3. The van der Waals surface area contributed by atoms with Gasteiger partial charge in [-0.3, -0.25) is 5.41 Å². The van der Waals surface area contributed by atoms with E-state index in [0.29, 0.717) is 17.1 Å². The third-order valence-electron chi connectivity index (χ3n) is 3.69. The van der Waals surface area contributed by atoms with E-state index in [9.17, 15) is 0 Å². The molecule has 1 aromatic carbocycles. The number of para-hydroxylation sites is 1. The van der Waals surface area contributed by atoms with Crippen LogP contribution in [-0.2, 0) is 0 Å². The lowest BCUT2D eigenvalue weighted by Gasteiger charge is -2.11. The fraction of sp³-hybridized carbons (Fsp3) is 0.176. The topological polar surface area (TPSA) is 95.5 Å². The minimum atomic E-state index is -0.0325. The van der Waals surface area contributed by atoms with Crippen molar-refractivity contribution in [3.63, 3.8) is 0 Å². The van der Waals surface area contributed by atoms with Crippen LogP contribution < -0.4 is 11.1 Å². The lowest BCUT2D eigenvalue weighted by atomic mass is 10.1. The number of nitrogen functional groups attached to an aromatic ring is 1. The summed E-state index contributed by atoms with van der Waals surface area (Å²) in [5.74, 6) is 0.645. The van der Waals surface area contributed by atoms with Gasteiger partial charge in [0.15, 0.2) is 0 Å². The molecule has 0 saturated heterocycles. The van der Waals surface area contributed by atoms with Gasteiger partial charge in [0.2, 0.25) is 0 Å². The molecule has 0 fully saturated rings. The average molecular weight is 308 g/mol. The van der Waals surface area contributed by atoms with Crippen LogP contribution in [0, 0.1) is 5.41 Å². The monoisotopic (exact) mass is 308 g/mol. The second kappa shape index (κ2) is 5.64. The predicted octanol–water partition coefficient (Wildman–Crippen LogP) is 3.45. The third kappa shape index (κ3) is 2.48. The number of hydrogen-bond donors (Lipinski definition) is 4. The number of fused-ring (bicyclic) bond motifs is 1. The quantitative estimate of drug-likeness (QED) is 0.429. The Balaban J connectivity index is 2.27. The maximum Gasteiger partial charge on any atom is 0.140 e. The molecule has 0 unspecified atom stereocenters. The molecule has 5 N–H and O–H groups in total. The molecule has 0 aliphatic heterocycles. The molecule has 0 radical (unpaired) electrons. The summed E-state index contributed by atoms with van der Waals surface area (Å²) >= 11 is 0. The van der Waals surface area contributed by atoms with E-state index in [1.807, 2.05) is 48.9 Å². The van der Waals surface area contributed by atoms with E-state index in [-0.39, 0.29) is 11.9 Å². The number of rotatable bonds is 5. The Kier molecular flexibility index (Phi) is 3.65. The van der Waals surface area contributed by atoms with Crippen LogP contribution in [0.4, 0.5) is 5.82 Å². The highest BCUT2D eigenvalue weighted by Gasteiger charge is 2.23. The van der Waals surface area contributed by atoms with E-state index in [2.05, 4.69) is 22.0 Å². The summed E-state index contributed by atoms with van der Waals surface area (Å²) in [6.45, 7) is 7.76. The molecular formula is C17H20N6. The number of nitrogens with zero attached hydrogens (tertiary/aromatic N) is 2. The van der Waals surface area contributed by atoms with Gasteiger partial charge in [-0.1, -0.05) is 24.8 Å². The Labute approximate surface area is 134 Å². The fourth-order valence-corrected chi connectivity index (χ4v) is 2.69. The first kappa shape index (κ1) is 14.9. The van der Waals surface area contributed by atoms with Gasteiger partial charge in [-0.15, -0.1) is 0 Å². The number of amidine groups is 1. The standard InChI is InChI=1S/C17H20N6/c1-4-20-17-14(16(18)19)15(22-23(17)10(2)3)13-9-11-7-5-6-8-12(11)21-13/h4-10,20-21H,1H2,2-3H3,(H3,18,19). The Morgan fingerprint density at radius 3 is 2.78 bits per heavy atom. The lowest BCUT2D eigenvalue weighted by molar-refractivity contribution is 0.541. The summed E-state index contributed by atoms with van der Waals surface area (Å²) in [7, 11) is 0. The second-order valence-corrected chi connectivity index (χ2v) is 5.64. The summed E-state index contributed by atoms with van der Waals surface area (Å²) < 4.78 is 1.82. The molecular weight excluding hydrogens is 288 g/mol. The molecule has 0 aliphatic carbocycles. The van der Waals surface area contributed by atoms with Crippen molar-refractivity contribution in [2.24, 2.45) is 5.73 Å². The fourth-order valence-electron chi connectivity index (χ4n) is 2.69. The minimum Gasteiger partial charge on any atom is -0.383 e. The van der Waals surface area contributed by atoms with Crippen molar-refractivity contribution < 1.29 is 0 Å². The maximum absolute atomic E-state index is 7.97. The number of hydrogen-bond acceptors (Lipinski definition) is 3. The van der Waals surface area contributed by atoms with E-state index in [4.69, 9.17) is 11.1 Å². The number of nitrogens with two attached hydrogens (primary N) is 1. The Hall–Kier alpha value is -3.02. The summed E-state index contributed by atoms with van der Waals surface area (Å²) in [5, 5.41) is 16.8. The number of anilines is 1. The normalized spacial score (nSPS) is 11.1. The molecule has 3 rings (SSSR count). The molecule has 3 aromatic rings. The number of aromatic amines is 1. The summed E-state index contributed by atoms with van der Waals surface area (Å²) in [4.78, 5) is 3.35. The van der Waals surface area contributed by atoms with E-state index in [1.165, 1.54) is 0 Å². The minimum absolute atomic E-state index is 0.0325. The van der Waals surface area contributed by atoms with Gasteiger partial charge in [-0.05, 0) is 32.2 Å². The van der Waals surface area contributed by atoms with Crippen LogP contribution in [0.5, 0.6) is 0 Å². The first-order valence-electron chi connectivity index (χ1n) is 7.45. The summed E-state index contributed by atoms with van der Waals surface area (Å²) in [6.07, 6.45) is 1.57. The van der Waals surface area contributed by atoms with Crippen LogP contribution in [0.1, 0.15) is 25.5 Å². The van der Waals surface area contributed by atoms with Crippen molar-refractivity contribution in [2.45, 2.75) is 19.9 Å². The van der Waals surface area contributed by atoms with Crippen LogP contribution in [0.3, 0.4) is 0 Å². The molecule has 2 heterocycles. The SMILES string of the molecule is C=CNc1c(C(=N)N)c(-c2cc3ccccc3[nH]2)nn1C(C)C. The van der Waals surface area contributed by atoms with E-state index < -0.39 is 0 Å². The Morgan fingerprint density at radius 2 is 2.17 bits per heavy atom. The van der Waals surface area contributed by atoms with Crippen molar-refractivity contribution in [3.8, 4) is 11.4 Å². The summed E-state index contributed by atoms with van der Waals surface area (Å²) in [5.41, 5.74) is 8.92. The number of aromatic nitrogens is 3. The Bertz CT molecular complexity index is 851. The van der Waals surface area contributed by atoms with Crippen LogP contribution in [0.15, 0.2) is 43.1 Å². The molecule has 0 aliphatic rings. The number of H-pyrrole nitrogens is 1. The van der Waals surface area contributed by atoms with Crippen LogP contribution in [0.2, 0.25) is 0 Å². The van der Waals surface area contributed by atoms with Gasteiger partial charge >= 0.3 is 0 Å². The molecule has 0 spiro atoms. The highest BCUT2D eigenvalue weighted by Crippen LogP contribution is 2.32. The van der Waals surface area contributed by atoms with Crippen molar-refractivity contribution in [1.29, 1.82) is 5.41 Å². The zero-order valence-electron chi connectivity index (χ0n) is 13.2. The van der Waals surface area contributed by atoms with Gasteiger partial charge in [0, 0.05) is 16.9 Å². The zero-order valence-corrected chi connectivity index (χ0v) is 13.2. The van der Waals surface area contributed by atoms with Crippen LogP contribution >= 0.6 is 0 Å². The zero-order chi connectivity index (χ0) is 16.6. The second-order valence-electron chi connectivity index (χ2n) is 5.64. The van der Waals surface area contributed by atoms with Crippen LogP contribution in [-0.4, -0.2) is 20.6 Å². The van der Waals surface area contributed by atoms with Gasteiger partial charge in [0.05, 0.1) is 11.3 Å². The Morgan fingerprint density at radius 1 is 1.43 bits per heavy atom. The van der Waals surface area contributed by atoms with E-state index >= 15 is 0 Å². The lowest BCUT2D eigenvalue weighted by Crippen LogP contribution is -2.15. The molecule has 2 aromatic heterocycles. The van der Waals surface area contributed by atoms with Crippen molar-refractivity contribution in [3.05, 3.63) is 48.7 Å². The molecule has 0 saturated carbocycles. The molecule has 23 heavy (non-hydrogen) atoms. The molecule has 0 bridgehead atoms. The largest absolute Gasteiger partial charge is 0.383 e. The first-order valence-corrected chi connectivity index (χ1v) is 7.45. The van der Waals surface area contributed by atoms with Crippen molar-refractivity contribution in [1.82, 2.24) is 14.8 Å². The van der Waals surface area contributed by atoms with Crippen LogP contribution in [0.25, 0.3) is 22.3 Å². The first-order chi connectivity index (χ1) is 11.0. The highest BCUT2D eigenvalue weighted by molar-refractivity contribution is 6.05. The molecule has 6 nitrogen and oxygen atoms in total. The third-order valence-corrected chi connectivity index (χ3v) is 3.69. The van der Waals surface area contributed by atoms with Gasteiger partial charge in [0.25, 0.3) is 0 Å². The molecule has 6 heteroatoms. The van der Waals surface area contributed by atoms with E-state index in [0.717, 1.165) is 16.6 Å². The predicted molar refractivity (Wildman–Crippen MR) is 94.7 cm³/mol. The number of benzene rings is 1. The molecule has 0 atom stereocenters. The maximum atomic E-state index is 7.97. The molecule has 118 valence electrons. The molecule has 0 amide bonds. The van der Waals surface area contributed by atoms with Crippen molar-refractivity contribution in [2.75, 3.05) is 5.32 Å². The van der Waals surface area contributed by atoms with Crippen molar-refractivity contribution >= 4 is 22.6 Å². The average Bonchev–Trinajstić information content (AvgIpc) is 3.08. The summed E-state index contributed by atoms with van der Waals surface area (Å²) in [6, 6.07) is 10.1. The van der Waals surface area contributed by atoms with Gasteiger partial charge < -0.3 is 16.0 Å². The number of nitrogens with one attached hydrogen (secondary N) is 3. The van der Waals surface area contributed by atoms with Gasteiger partial charge in [-0.25, -0.2) is 4.68 Å². The van der Waals surface area contributed by atoms with E-state index in [1.54, 1.807) is 6.20 Å². The van der Waals surface area contributed by atoms with Gasteiger partial charge in [-0.2, -0.15) is 5.10 Å². The smallest absolute Gasteiger partial charge is 0.140 e.